The summed E-state index contributed by atoms with van der Waals surface area (Å²) < 4.78 is 0. The minimum atomic E-state index is -0.691. The van der Waals surface area contributed by atoms with E-state index in [1.54, 1.807) is 0 Å². The van der Waals surface area contributed by atoms with E-state index in [9.17, 15) is 9.59 Å². The van der Waals surface area contributed by atoms with Crippen molar-refractivity contribution in [3.63, 3.8) is 0 Å². The fourth-order valence-electron chi connectivity index (χ4n) is 2.49. The molecule has 5 nitrogen and oxygen atoms in total. The van der Waals surface area contributed by atoms with E-state index >= 15 is 0 Å². The third-order valence-electron chi connectivity index (χ3n) is 3.65. The zero-order valence-electron chi connectivity index (χ0n) is 12.5. The van der Waals surface area contributed by atoms with E-state index in [1.165, 1.54) is 0 Å². The van der Waals surface area contributed by atoms with Gasteiger partial charge < -0.3 is 16.4 Å². The third-order valence-corrected chi connectivity index (χ3v) is 4.04. The second kappa shape index (κ2) is 7.02. The normalized spacial score (nSPS) is 24.9. The Morgan fingerprint density at radius 3 is 2.40 bits per heavy atom. The first-order valence-electron chi connectivity index (χ1n) is 7.13. The molecule has 1 aliphatic carbocycles. The smallest absolute Gasteiger partial charge is 0.233 e. The number of carbonyl (C=O) groups is 2. The molecular formula is C14H25N3O2S. The van der Waals surface area contributed by atoms with Gasteiger partial charge in [0.2, 0.25) is 11.8 Å². The predicted octanol–water partition coefficient (Wildman–Crippen LogP) is 0.967. The van der Waals surface area contributed by atoms with E-state index in [2.05, 4.69) is 17.6 Å². The third kappa shape index (κ3) is 4.16. The first kappa shape index (κ1) is 16.9. The second-order valence-corrected chi connectivity index (χ2v) is 6.60. The maximum absolute atomic E-state index is 12.2. The van der Waals surface area contributed by atoms with Crippen LogP contribution in [0.25, 0.3) is 0 Å². The summed E-state index contributed by atoms with van der Waals surface area (Å²) in [6, 6.07) is 0. The Hall–Kier alpha value is -1.17. The number of amides is 2. The van der Waals surface area contributed by atoms with Crippen molar-refractivity contribution in [1.29, 1.82) is 0 Å². The average molecular weight is 299 g/mol. The Kier molecular flexibility index (Phi) is 5.92. The Labute approximate surface area is 126 Å². The van der Waals surface area contributed by atoms with Crippen molar-refractivity contribution >= 4 is 29.0 Å². The molecule has 0 atom stereocenters. The molecule has 6 heteroatoms. The highest BCUT2D eigenvalue weighted by atomic mass is 32.1. The van der Waals surface area contributed by atoms with Crippen LogP contribution in [0.4, 0.5) is 0 Å². The summed E-state index contributed by atoms with van der Waals surface area (Å²) in [6.45, 7) is 7.11. The van der Waals surface area contributed by atoms with Crippen LogP contribution in [-0.2, 0) is 9.59 Å². The Balaban J connectivity index is 2.33. The zero-order valence-corrected chi connectivity index (χ0v) is 13.3. The van der Waals surface area contributed by atoms with Crippen LogP contribution >= 0.6 is 12.2 Å². The molecule has 20 heavy (non-hydrogen) atoms. The fraction of sp³-hybridized carbons (Fsp3) is 0.786. The highest BCUT2D eigenvalue weighted by molar-refractivity contribution is 7.80. The molecule has 1 aliphatic rings. The van der Waals surface area contributed by atoms with Crippen LogP contribution in [0.3, 0.4) is 0 Å². The molecule has 0 heterocycles. The number of nitrogens with two attached hydrogens (primary N) is 1. The summed E-state index contributed by atoms with van der Waals surface area (Å²) in [5, 5.41) is 5.59. The lowest BCUT2D eigenvalue weighted by molar-refractivity contribution is -0.132. The lowest BCUT2D eigenvalue weighted by Crippen LogP contribution is -2.56. The van der Waals surface area contributed by atoms with Gasteiger partial charge in [-0.25, -0.2) is 0 Å². The standard InChI is InChI=1S/C14H25N3O2S/c1-9(2)8-17-11(18)4-5-16-13(19)14(12(15)20)6-10(3)7-14/h9-10H,4-8H2,1-3H3,(H2,15,20)(H,16,19)(H,17,18). The number of hydrogen-bond acceptors (Lipinski definition) is 3. The van der Waals surface area contributed by atoms with Gasteiger partial charge in [-0.3, -0.25) is 9.59 Å². The van der Waals surface area contributed by atoms with Crippen LogP contribution in [-0.4, -0.2) is 29.9 Å². The molecule has 0 aliphatic heterocycles. The van der Waals surface area contributed by atoms with Gasteiger partial charge in [-0.15, -0.1) is 0 Å². The number of nitrogens with one attached hydrogen (secondary N) is 2. The van der Waals surface area contributed by atoms with Gasteiger partial charge in [-0.2, -0.15) is 0 Å². The van der Waals surface area contributed by atoms with Crippen molar-refractivity contribution in [1.82, 2.24) is 10.6 Å². The number of thiocarbonyl (C=S) groups is 1. The van der Waals surface area contributed by atoms with Gasteiger partial charge in [0, 0.05) is 19.5 Å². The van der Waals surface area contributed by atoms with E-state index in [0.717, 1.165) is 0 Å². The van der Waals surface area contributed by atoms with Crippen molar-refractivity contribution in [2.24, 2.45) is 23.0 Å². The predicted molar refractivity (Wildman–Crippen MR) is 83.1 cm³/mol. The van der Waals surface area contributed by atoms with Crippen LogP contribution in [0, 0.1) is 17.3 Å². The van der Waals surface area contributed by atoms with Crippen molar-refractivity contribution in [2.45, 2.75) is 40.0 Å². The van der Waals surface area contributed by atoms with Crippen molar-refractivity contribution in [3.8, 4) is 0 Å². The molecule has 0 spiro atoms. The number of rotatable bonds is 7. The van der Waals surface area contributed by atoms with Crippen LogP contribution in [0.15, 0.2) is 0 Å². The molecule has 1 rings (SSSR count). The van der Waals surface area contributed by atoms with E-state index < -0.39 is 5.41 Å². The van der Waals surface area contributed by atoms with E-state index in [-0.39, 0.29) is 23.2 Å². The first-order valence-corrected chi connectivity index (χ1v) is 7.53. The van der Waals surface area contributed by atoms with Crippen molar-refractivity contribution < 1.29 is 9.59 Å². The highest BCUT2D eigenvalue weighted by Crippen LogP contribution is 2.45. The summed E-state index contributed by atoms with van der Waals surface area (Å²) >= 11 is 5.02. The SMILES string of the molecule is CC(C)CNC(=O)CCNC(=O)C1(C(N)=S)CC(C)C1. The molecule has 2 amide bonds. The quantitative estimate of drug-likeness (QED) is 0.612. The van der Waals surface area contributed by atoms with Crippen LogP contribution in [0.5, 0.6) is 0 Å². The summed E-state index contributed by atoms with van der Waals surface area (Å²) in [5.74, 6) is 0.699. The Bertz CT molecular complexity index is 390. The largest absolute Gasteiger partial charge is 0.392 e. The maximum atomic E-state index is 12.2. The van der Waals surface area contributed by atoms with Gasteiger partial charge >= 0.3 is 0 Å². The minimum Gasteiger partial charge on any atom is -0.392 e. The first-order chi connectivity index (χ1) is 9.28. The van der Waals surface area contributed by atoms with Gasteiger partial charge in [0.15, 0.2) is 0 Å². The molecule has 0 unspecified atom stereocenters. The average Bonchev–Trinajstić information content (AvgIpc) is 2.31. The molecule has 0 aromatic carbocycles. The van der Waals surface area contributed by atoms with Crippen molar-refractivity contribution in [3.05, 3.63) is 0 Å². The zero-order chi connectivity index (χ0) is 15.3. The summed E-state index contributed by atoms with van der Waals surface area (Å²) in [6.07, 6.45) is 1.68. The summed E-state index contributed by atoms with van der Waals surface area (Å²) in [4.78, 5) is 24.0. The molecule has 0 saturated heterocycles. The molecular weight excluding hydrogens is 274 g/mol. The lowest BCUT2D eigenvalue weighted by atomic mass is 9.62. The number of hydrogen-bond donors (Lipinski definition) is 3. The topological polar surface area (TPSA) is 84.2 Å². The molecule has 1 saturated carbocycles. The Morgan fingerprint density at radius 2 is 1.95 bits per heavy atom. The highest BCUT2D eigenvalue weighted by Gasteiger charge is 2.50. The molecule has 0 bridgehead atoms. The summed E-state index contributed by atoms with van der Waals surface area (Å²) in [7, 11) is 0. The molecule has 114 valence electrons. The Morgan fingerprint density at radius 1 is 1.35 bits per heavy atom. The van der Waals surface area contributed by atoms with Gasteiger partial charge in [0.25, 0.3) is 0 Å². The fourth-order valence-corrected chi connectivity index (χ4v) is 2.75. The van der Waals surface area contributed by atoms with Crippen LogP contribution in [0.1, 0.15) is 40.0 Å². The molecule has 1 fully saturated rings. The lowest BCUT2D eigenvalue weighted by Gasteiger charge is -2.44. The maximum Gasteiger partial charge on any atom is 0.233 e. The molecule has 4 N–H and O–H groups in total. The number of carbonyl (C=O) groups excluding carboxylic acids is 2. The molecule has 0 radical (unpaired) electrons. The van der Waals surface area contributed by atoms with Gasteiger partial charge in [0.1, 0.15) is 0 Å². The second-order valence-electron chi connectivity index (χ2n) is 6.16. The van der Waals surface area contributed by atoms with E-state index in [4.69, 9.17) is 18.0 Å². The van der Waals surface area contributed by atoms with Crippen molar-refractivity contribution in [2.75, 3.05) is 13.1 Å². The summed E-state index contributed by atoms with van der Waals surface area (Å²) in [5.41, 5.74) is 5.01. The van der Waals surface area contributed by atoms with Gasteiger partial charge in [0.05, 0.1) is 10.4 Å². The monoisotopic (exact) mass is 299 g/mol. The van der Waals surface area contributed by atoms with Gasteiger partial charge in [-0.1, -0.05) is 33.0 Å². The van der Waals surface area contributed by atoms with E-state index in [1.807, 2.05) is 13.8 Å². The van der Waals surface area contributed by atoms with Crippen LogP contribution in [0.2, 0.25) is 0 Å². The van der Waals surface area contributed by atoms with E-state index in [0.29, 0.717) is 37.8 Å². The van der Waals surface area contributed by atoms with Gasteiger partial charge in [-0.05, 0) is 24.7 Å². The minimum absolute atomic E-state index is 0.0506. The van der Waals surface area contributed by atoms with Crippen LogP contribution < -0.4 is 16.4 Å². The molecule has 0 aromatic heterocycles. The molecule has 0 aromatic rings.